The van der Waals surface area contributed by atoms with Gasteiger partial charge in [0.05, 0.1) is 12.4 Å². The third kappa shape index (κ3) is 4.04. The summed E-state index contributed by atoms with van der Waals surface area (Å²) >= 11 is 0. The van der Waals surface area contributed by atoms with Crippen molar-refractivity contribution in [3.63, 3.8) is 0 Å². The Morgan fingerprint density at radius 2 is 2.08 bits per heavy atom. The van der Waals surface area contributed by atoms with Crippen molar-refractivity contribution >= 4 is 9.84 Å². The van der Waals surface area contributed by atoms with E-state index in [1.165, 1.54) is 0 Å². The highest BCUT2D eigenvalue weighted by molar-refractivity contribution is 7.91. The van der Waals surface area contributed by atoms with E-state index in [0.717, 1.165) is 6.42 Å². The summed E-state index contributed by atoms with van der Waals surface area (Å²) < 4.78 is 22.4. The summed E-state index contributed by atoms with van der Waals surface area (Å²) in [5.41, 5.74) is 0. The number of sulfone groups is 1. The molecule has 0 bridgehead atoms. The molecule has 0 aromatic carbocycles. The number of aliphatic hydroxyl groups excluding tert-OH is 1. The maximum atomic E-state index is 11.2. The molecular weight excluding hydrogens is 178 g/mol. The average Bonchev–Trinajstić information content (AvgIpc) is 2.00. The average molecular weight is 195 g/mol. The molecule has 74 valence electrons. The van der Waals surface area contributed by atoms with Crippen LogP contribution in [0.2, 0.25) is 0 Å². The SMILES string of the molecule is CCCNC(C)S(=O)(=O)CCO. The van der Waals surface area contributed by atoms with E-state index in [4.69, 9.17) is 5.11 Å². The maximum absolute atomic E-state index is 11.2. The summed E-state index contributed by atoms with van der Waals surface area (Å²) in [6, 6.07) is 0. The fourth-order valence-corrected chi connectivity index (χ4v) is 1.76. The summed E-state index contributed by atoms with van der Waals surface area (Å²) in [5, 5.41) is 10.8. The highest BCUT2D eigenvalue weighted by Gasteiger charge is 2.18. The largest absolute Gasteiger partial charge is 0.395 e. The third-order valence-corrected chi connectivity index (χ3v) is 3.59. The van der Waals surface area contributed by atoms with Gasteiger partial charge in [0.2, 0.25) is 0 Å². The highest BCUT2D eigenvalue weighted by atomic mass is 32.2. The van der Waals surface area contributed by atoms with Gasteiger partial charge < -0.3 is 10.4 Å². The minimum Gasteiger partial charge on any atom is -0.395 e. The number of nitrogens with one attached hydrogen (secondary N) is 1. The molecule has 4 nitrogen and oxygen atoms in total. The van der Waals surface area contributed by atoms with Gasteiger partial charge in [0, 0.05) is 0 Å². The van der Waals surface area contributed by atoms with Gasteiger partial charge in [-0.25, -0.2) is 8.42 Å². The van der Waals surface area contributed by atoms with E-state index in [-0.39, 0.29) is 12.4 Å². The number of rotatable bonds is 6. The van der Waals surface area contributed by atoms with Crippen LogP contribution in [0.1, 0.15) is 20.3 Å². The van der Waals surface area contributed by atoms with Gasteiger partial charge in [-0.2, -0.15) is 0 Å². The van der Waals surface area contributed by atoms with Crippen molar-refractivity contribution in [1.82, 2.24) is 5.32 Å². The Hall–Kier alpha value is -0.130. The van der Waals surface area contributed by atoms with Gasteiger partial charge >= 0.3 is 0 Å². The first-order valence-corrected chi connectivity index (χ1v) is 5.82. The molecule has 0 radical (unpaired) electrons. The van der Waals surface area contributed by atoms with Crippen molar-refractivity contribution in [3.8, 4) is 0 Å². The molecule has 0 spiro atoms. The smallest absolute Gasteiger partial charge is 0.168 e. The Bertz CT molecular complexity index is 201. The molecule has 0 aromatic rings. The Morgan fingerprint density at radius 3 is 2.50 bits per heavy atom. The summed E-state index contributed by atoms with van der Waals surface area (Å²) in [5.74, 6) is -0.162. The molecule has 0 aliphatic rings. The second-order valence-corrected chi connectivity index (χ2v) is 5.13. The molecule has 0 rings (SSSR count). The van der Waals surface area contributed by atoms with Gasteiger partial charge in [-0.15, -0.1) is 0 Å². The van der Waals surface area contributed by atoms with Crippen LogP contribution in [0.3, 0.4) is 0 Å². The van der Waals surface area contributed by atoms with Gasteiger partial charge in [0.1, 0.15) is 5.37 Å². The quantitative estimate of drug-likeness (QED) is 0.613. The van der Waals surface area contributed by atoms with E-state index in [9.17, 15) is 8.42 Å². The zero-order valence-electron chi connectivity index (χ0n) is 7.58. The van der Waals surface area contributed by atoms with E-state index in [1.807, 2.05) is 6.92 Å². The molecule has 0 aliphatic carbocycles. The van der Waals surface area contributed by atoms with E-state index >= 15 is 0 Å². The van der Waals surface area contributed by atoms with E-state index in [1.54, 1.807) is 6.92 Å². The summed E-state index contributed by atoms with van der Waals surface area (Å²) in [4.78, 5) is 0. The molecule has 0 aromatic heterocycles. The first kappa shape index (κ1) is 11.9. The highest BCUT2D eigenvalue weighted by Crippen LogP contribution is 1.97. The molecule has 0 fully saturated rings. The maximum Gasteiger partial charge on any atom is 0.168 e. The summed E-state index contributed by atoms with van der Waals surface area (Å²) in [7, 11) is -3.14. The Labute approximate surface area is 73.9 Å². The van der Waals surface area contributed by atoms with Gasteiger partial charge in [0.15, 0.2) is 9.84 Å². The fourth-order valence-electron chi connectivity index (χ4n) is 0.779. The fraction of sp³-hybridized carbons (Fsp3) is 1.00. The van der Waals surface area contributed by atoms with Crippen molar-refractivity contribution < 1.29 is 13.5 Å². The predicted octanol–water partition coefficient (Wildman–Crippen LogP) is -0.261. The monoisotopic (exact) mass is 195 g/mol. The molecule has 0 amide bonds. The molecule has 0 heterocycles. The van der Waals surface area contributed by atoms with Crippen molar-refractivity contribution in [1.29, 1.82) is 0 Å². The van der Waals surface area contributed by atoms with Crippen molar-refractivity contribution in [2.24, 2.45) is 0 Å². The molecule has 1 atom stereocenters. The zero-order valence-corrected chi connectivity index (χ0v) is 8.39. The topological polar surface area (TPSA) is 66.4 Å². The molecule has 0 saturated heterocycles. The zero-order chi connectivity index (χ0) is 9.61. The Balaban J connectivity index is 3.98. The first-order chi connectivity index (χ1) is 5.54. The normalized spacial score (nSPS) is 14.6. The van der Waals surface area contributed by atoms with Crippen LogP contribution in [-0.4, -0.2) is 37.8 Å². The third-order valence-electron chi connectivity index (χ3n) is 1.60. The van der Waals surface area contributed by atoms with E-state index < -0.39 is 15.2 Å². The number of hydrogen-bond donors (Lipinski definition) is 2. The minimum absolute atomic E-state index is 0.162. The van der Waals surface area contributed by atoms with Crippen LogP contribution in [0.25, 0.3) is 0 Å². The van der Waals surface area contributed by atoms with E-state index in [2.05, 4.69) is 5.32 Å². The van der Waals surface area contributed by atoms with Crippen LogP contribution in [-0.2, 0) is 9.84 Å². The molecule has 2 N–H and O–H groups in total. The second-order valence-electron chi connectivity index (χ2n) is 2.69. The molecule has 0 aliphatic heterocycles. The van der Waals surface area contributed by atoms with Crippen LogP contribution in [0.15, 0.2) is 0 Å². The van der Waals surface area contributed by atoms with Gasteiger partial charge in [-0.3, -0.25) is 0 Å². The Kier molecular flexibility index (Phi) is 5.44. The lowest BCUT2D eigenvalue weighted by atomic mass is 10.5. The van der Waals surface area contributed by atoms with E-state index in [0.29, 0.717) is 6.54 Å². The predicted molar refractivity (Wildman–Crippen MR) is 48.6 cm³/mol. The first-order valence-electron chi connectivity index (χ1n) is 4.10. The van der Waals surface area contributed by atoms with Crippen LogP contribution < -0.4 is 5.32 Å². The lowest BCUT2D eigenvalue weighted by Crippen LogP contribution is -2.36. The van der Waals surface area contributed by atoms with Crippen molar-refractivity contribution in [2.45, 2.75) is 25.6 Å². The summed E-state index contributed by atoms with van der Waals surface area (Å²) in [6.45, 7) is 3.95. The standard InChI is InChI=1S/C7H17NO3S/c1-3-4-8-7(2)12(10,11)6-5-9/h7-9H,3-6H2,1-2H3. The van der Waals surface area contributed by atoms with Gasteiger partial charge in [0.25, 0.3) is 0 Å². The minimum atomic E-state index is -3.14. The molecule has 0 saturated carbocycles. The van der Waals surface area contributed by atoms with Gasteiger partial charge in [-0.1, -0.05) is 6.92 Å². The molecule has 5 heteroatoms. The van der Waals surface area contributed by atoms with Crippen molar-refractivity contribution in [3.05, 3.63) is 0 Å². The van der Waals surface area contributed by atoms with Crippen molar-refractivity contribution in [2.75, 3.05) is 18.9 Å². The second kappa shape index (κ2) is 5.50. The number of aliphatic hydroxyl groups is 1. The van der Waals surface area contributed by atoms with Crippen LogP contribution in [0, 0.1) is 0 Å². The molecule has 1 unspecified atom stereocenters. The molecular formula is C7H17NO3S. The lowest BCUT2D eigenvalue weighted by Gasteiger charge is -2.12. The molecule has 12 heavy (non-hydrogen) atoms. The van der Waals surface area contributed by atoms with Crippen LogP contribution in [0.5, 0.6) is 0 Å². The van der Waals surface area contributed by atoms with Crippen LogP contribution in [0.4, 0.5) is 0 Å². The summed E-state index contributed by atoms with van der Waals surface area (Å²) in [6.07, 6.45) is 0.902. The van der Waals surface area contributed by atoms with Crippen LogP contribution >= 0.6 is 0 Å². The lowest BCUT2D eigenvalue weighted by molar-refractivity contribution is 0.319. The Morgan fingerprint density at radius 1 is 1.50 bits per heavy atom. The van der Waals surface area contributed by atoms with Gasteiger partial charge in [-0.05, 0) is 19.9 Å². The number of hydrogen-bond acceptors (Lipinski definition) is 4.